The number of benzene rings is 2. The first-order valence-electron chi connectivity index (χ1n) is 10.8. The summed E-state index contributed by atoms with van der Waals surface area (Å²) in [7, 11) is 0. The van der Waals surface area contributed by atoms with E-state index in [0.717, 1.165) is 23.6 Å². The van der Waals surface area contributed by atoms with Crippen molar-refractivity contribution in [2.24, 2.45) is 0 Å². The van der Waals surface area contributed by atoms with E-state index in [1.54, 1.807) is 4.90 Å². The molecule has 1 aliphatic heterocycles. The van der Waals surface area contributed by atoms with E-state index in [1.165, 1.54) is 17.7 Å². The number of amides is 1. The minimum absolute atomic E-state index is 0.237. The molecule has 1 amide bonds. The van der Waals surface area contributed by atoms with Gasteiger partial charge in [0.05, 0.1) is 0 Å². The topological polar surface area (TPSA) is 70.6 Å². The van der Waals surface area contributed by atoms with E-state index in [-0.39, 0.29) is 11.7 Å². The summed E-state index contributed by atoms with van der Waals surface area (Å²) in [5, 5.41) is 3.30. The summed E-state index contributed by atoms with van der Waals surface area (Å²) in [5.74, 6) is 1.49. The Kier molecular flexibility index (Phi) is 6.58. The molecule has 0 radical (unpaired) electrons. The highest BCUT2D eigenvalue weighted by Crippen LogP contribution is 2.24. The molecular formula is C24H24F3N5O2. The lowest BCUT2D eigenvalue weighted by molar-refractivity contribution is -0.274. The van der Waals surface area contributed by atoms with Crippen LogP contribution in [0.25, 0.3) is 0 Å². The summed E-state index contributed by atoms with van der Waals surface area (Å²) in [4.78, 5) is 25.6. The lowest BCUT2D eigenvalue weighted by Crippen LogP contribution is -2.49. The number of halogens is 3. The molecule has 1 saturated heterocycles. The number of alkyl halides is 3. The Morgan fingerprint density at radius 3 is 2.21 bits per heavy atom. The molecule has 0 spiro atoms. The maximum absolute atomic E-state index is 12.8. The van der Waals surface area contributed by atoms with Gasteiger partial charge in [-0.15, -0.1) is 13.2 Å². The fraction of sp³-hybridized carbons (Fsp3) is 0.292. The second kappa shape index (κ2) is 9.58. The first kappa shape index (κ1) is 23.3. The zero-order valence-electron chi connectivity index (χ0n) is 18.8. The summed E-state index contributed by atoms with van der Waals surface area (Å²) >= 11 is 0. The van der Waals surface area contributed by atoms with Crippen molar-refractivity contribution in [1.82, 2.24) is 14.9 Å². The van der Waals surface area contributed by atoms with Gasteiger partial charge in [-0.2, -0.15) is 0 Å². The fourth-order valence-electron chi connectivity index (χ4n) is 3.68. The molecule has 3 aromatic rings. The van der Waals surface area contributed by atoms with E-state index < -0.39 is 6.36 Å². The summed E-state index contributed by atoms with van der Waals surface area (Å²) < 4.78 is 40.8. The van der Waals surface area contributed by atoms with Crippen LogP contribution in [0.1, 0.15) is 21.7 Å². The smallest absolute Gasteiger partial charge is 0.406 e. The average Bonchev–Trinajstić information content (AvgIpc) is 2.79. The molecule has 7 nitrogen and oxygen atoms in total. The van der Waals surface area contributed by atoms with Gasteiger partial charge in [-0.3, -0.25) is 4.79 Å². The number of rotatable bonds is 5. The van der Waals surface area contributed by atoms with Crippen LogP contribution >= 0.6 is 0 Å². The molecule has 1 N–H and O–H groups in total. The maximum Gasteiger partial charge on any atom is 0.573 e. The van der Waals surface area contributed by atoms with Gasteiger partial charge in [0.15, 0.2) is 0 Å². The number of aryl methyl sites for hydroxylation is 2. The summed E-state index contributed by atoms with van der Waals surface area (Å²) in [6.45, 7) is 5.92. The number of piperazine rings is 1. The number of hydrogen-bond acceptors (Lipinski definition) is 6. The Morgan fingerprint density at radius 1 is 0.941 bits per heavy atom. The van der Waals surface area contributed by atoms with Gasteiger partial charge >= 0.3 is 6.36 Å². The van der Waals surface area contributed by atoms with Crippen LogP contribution < -0.4 is 15.0 Å². The van der Waals surface area contributed by atoms with Crippen molar-refractivity contribution in [3.63, 3.8) is 0 Å². The minimum atomic E-state index is -4.77. The largest absolute Gasteiger partial charge is 0.573 e. The van der Waals surface area contributed by atoms with E-state index in [4.69, 9.17) is 0 Å². The van der Waals surface area contributed by atoms with Crippen LogP contribution in [-0.4, -0.2) is 53.3 Å². The molecule has 4 rings (SSSR count). The third kappa shape index (κ3) is 5.94. The van der Waals surface area contributed by atoms with Crippen molar-refractivity contribution < 1.29 is 22.7 Å². The van der Waals surface area contributed by atoms with E-state index in [9.17, 15) is 18.0 Å². The highest BCUT2D eigenvalue weighted by molar-refractivity contribution is 5.94. The van der Waals surface area contributed by atoms with Crippen LogP contribution in [0.15, 0.2) is 54.6 Å². The molecule has 0 bridgehead atoms. The molecule has 2 heterocycles. The van der Waals surface area contributed by atoms with E-state index >= 15 is 0 Å². The molecule has 0 saturated carbocycles. The Hall–Kier alpha value is -3.82. The van der Waals surface area contributed by atoms with Crippen molar-refractivity contribution in [1.29, 1.82) is 0 Å². The molecule has 178 valence electrons. The van der Waals surface area contributed by atoms with Crippen molar-refractivity contribution in [3.05, 3.63) is 71.5 Å². The molecule has 1 aliphatic rings. The second-order valence-corrected chi connectivity index (χ2v) is 8.00. The lowest BCUT2D eigenvalue weighted by atomic mass is 10.1. The van der Waals surface area contributed by atoms with Crippen LogP contribution in [0.2, 0.25) is 0 Å². The Morgan fingerprint density at radius 2 is 1.59 bits per heavy atom. The van der Waals surface area contributed by atoms with Gasteiger partial charge in [0.25, 0.3) is 5.91 Å². The van der Waals surface area contributed by atoms with Crippen LogP contribution in [0.4, 0.5) is 30.5 Å². The summed E-state index contributed by atoms with van der Waals surface area (Å²) in [6.07, 6.45) is -4.77. The quantitative estimate of drug-likeness (QED) is 0.582. The van der Waals surface area contributed by atoms with Gasteiger partial charge < -0.3 is 19.9 Å². The molecule has 10 heteroatoms. The minimum Gasteiger partial charge on any atom is -0.406 e. The van der Waals surface area contributed by atoms with Crippen LogP contribution in [0.5, 0.6) is 5.75 Å². The standard InChI is InChI=1S/C24H24F3N5O2/c1-16-3-7-19(8-4-16)30-21-15-22(29-17(2)28-21)31-11-13-32(14-12-31)23(33)18-5-9-20(10-6-18)34-24(25,26)27/h3-10,15H,11-14H2,1-2H3,(H,28,29,30). The second-order valence-electron chi connectivity index (χ2n) is 8.00. The number of anilines is 3. The Bertz CT molecular complexity index is 1140. The molecule has 0 aliphatic carbocycles. The third-order valence-corrected chi connectivity index (χ3v) is 5.37. The molecule has 2 aromatic carbocycles. The summed E-state index contributed by atoms with van der Waals surface area (Å²) in [5.41, 5.74) is 2.41. The number of hydrogen-bond donors (Lipinski definition) is 1. The maximum atomic E-state index is 12.8. The van der Waals surface area contributed by atoms with Crippen molar-refractivity contribution in [2.45, 2.75) is 20.2 Å². The molecule has 0 atom stereocenters. The molecule has 1 aromatic heterocycles. The van der Waals surface area contributed by atoms with Gasteiger partial charge in [0, 0.05) is 43.5 Å². The van der Waals surface area contributed by atoms with Gasteiger partial charge in [-0.05, 0) is 50.2 Å². The van der Waals surface area contributed by atoms with Gasteiger partial charge in [-0.1, -0.05) is 17.7 Å². The zero-order valence-corrected chi connectivity index (χ0v) is 18.8. The molecule has 0 unspecified atom stereocenters. The van der Waals surface area contributed by atoms with E-state index in [1.807, 2.05) is 44.2 Å². The first-order valence-corrected chi connectivity index (χ1v) is 10.8. The summed E-state index contributed by atoms with van der Waals surface area (Å²) in [6, 6.07) is 14.8. The highest BCUT2D eigenvalue weighted by atomic mass is 19.4. The molecule has 34 heavy (non-hydrogen) atoms. The number of carbonyl (C=O) groups excluding carboxylic acids is 1. The van der Waals surface area contributed by atoms with Gasteiger partial charge in [0.1, 0.15) is 23.2 Å². The first-order chi connectivity index (χ1) is 16.2. The average molecular weight is 471 g/mol. The van der Waals surface area contributed by atoms with Crippen molar-refractivity contribution >= 4 is 23.2 Å². The number of ether oxygens (including phenoxy) is 1. The zero-order chi connectivity index (χ0) is 24.3. The van der Waals surface area contributed by atoms with E-state index in [0.29, 0.717) is 43.4 Å². The third-order valence-electron chi connectivity index (χ3n) is 5.37. The van der Waals surface area contributed by atoms with Crippen molar-refractivity contribution in [2.75, 3.05) is 36.4 Å². The number of carbonyl (C=O) groups is 1. The number of nitrogens with one attached hydrogen (secondary N) is 1. The fourth-order valence-corrected chi connectivity index (χ4v) is 3.68. The number of nitrogens with zero attached hydrogens (tertiary/aromatic N) is 4. The predicted octanol–water partition coefficient (Wildman–Crippen LogP) is 4.70. The normalized spacial score (nSPS) is 14.1. The Labute approximate surface area is 195 Å². The molecule has 1 fully saturated rings. The monoisotopic (exact) mass is 471 g/mol. The Balaban J connectivity index is 1.38. The van der Waals surface area contributed by atoms with Crippen LogP contribution in [0.3, 0.4) is 0 Å². The van der Waals surface area contributed by atoms with Gasteiger partial charge in [0.2, 0.25) is 0 Å². The van der Waals surface area contributed by atoms with Gasteiger partial charge in [-0.25, -0.2) is 9.97 Å². The molecular weight excluding hydrogens is 447 g/mol. The SMILES string of the molecule is Cc1ccc(Nc2cc(N3CCN(C(=O)c4ccc(OC(F)(F)F)cc4)CC3)nc(C)n2)cc1. The van der Waals surface area contributed by atoms with Crippen LogP contribution in [-0.2, 0) is 0 Å². The van der Waals surface area contributed by atoms with E-state index in [2.05, 4.69) is 24.9 Å². The van der Waals surface area contributed by atoms with Crippen molar-refractivity contribution in [3.8, 4) is 5.75 Å². The highest BCUT2D eigenvalue weighted by Gasteiger charge is 2.31. The number of aromatic nitrogens is 2. The predicted molar refractivity (Wildman–Crippen MR) is 122 cm³/mol. The van der Waals surface area contributed by atoms with Crippen LogP contribution in [0, 0.1) is 13.8 Å². The lowest BCUT2D eigenvalue weighted by Gasteiger charge is -2.35.